The summed E-state index contributed by atoms with van der Waals surface area (Å²) in [7, 11) is 0. The van der Waals surface area contributed by atoms with Crippen LogP contribution in [-0.2, 0) is 5.41 Å². The molecule has 2 aliphatic rings. The smallest absolute Gasteiger partial charge is 0.330 e. The third kappa shape index (κ3) is 4.31. The maximum Gasteiger partial charge on any atom is 0.449 e. The number of terminal acetylenes is 1. The van der Waals surface area contributed by atoms with Gasteiger partial charge in [0.25, 0.3) is 0 Å². The Bertz CT molecular complexity index is 818. The molecule has 0 atom stereocenters. The van der Waals surface area contributed by atoms with Crippen LogP contribution in [0.25, 0.3) is 0 Å². The number of benzene rings is 1. The van der Waals surface area contributed by atoms with Gasteiger partial charge in [-0.15, -0.1) is 6.42 Å². The molecule has 0 bridgehead atoms. The van der Waals surface area contributed by atoms with E-state index in [1.54, 1.807) is 0 Å². The minimum absolute atomic E-state index is 0.0138. The summed E-state index contributed by atoms with van der Waals surface area (Å²) in [5, 5.41) is 15.3. The highest BCUT2D eigenvalue weighted by atomic mass is 19.4. The Hall–Kier alpha value is -2.37. The van der Waals surface area contributed by atoms with E-state index in [-0.39, 0.29) is 30.4 Å². The first kappa shape index (κ1) is 21.3. The Morgan fingerprint density at radius 2 is 1.97 bits per heavy atom. The number of hydrogen-bond donors (Lipinski definition) is 3. The molecule has 2 fully saturated rings. The fourth-order valence-electron chi connectivity index (χ4n) is 4.50. The van der Waals surface area contributed by atoms with Crippen LogP contribution in [0.3, 0.4) is 0 Å². The first-order valence-corrected chi connectivity index (χ1v) is 9.72. The summed E-state index contributed by atoms with van der Waals surface area (Å²) in [4.78, 5) is 2.83. The number of amidine groups is 2. The van der Waals surface area contributed by atoms with Crippen molar-refractivity contribution in [2.24, 2.45) is 5.73 Å². The lowest BCUT2D eigenvalue weighted by molar-refractivity contribution is -0.0679. The molecule has 0 unspecified atom stereocenters. The van der Waals surface area contributed by atoms with Crippen LogP contribution in [0.1, 0.15) is 36.8 Å². The molecule has 156 valence electrons. The number of halogens is 3. The molecule has 0 spiro atoms. The molecule has 1 aliphatic heterocycles. The maximum atomic E-state index is 12.8. The summed E-state index contributed by atoms with van der Waals surface area (Å²) in [5.41, 5.74) is 7.99. The summed E-state index contributed by atoms with van der Waals surface area (Å²) in [5.74, 6) is 1.03. The van der Waals surface area contributed by atoms with Gasteiger partial charge < -0.3 is 10.6 Å². The van der Waals surface area contributed by atoms with Gasteiger partial charge in [-0.3, -0.25) is 15.7 Å². The van der Waals surface area contributed by atoms with Gasteiger partial charge >= 0.3 is 6.18 Å². The third-order valence-electron chi connectivity index (χ3n) is 6.29. The lowest BCUT2D eigenvalue weighted by Crippen LogP contribution is -2.58. The van der Waals surface area contributed by atoms with Gasteiger partial charge in [-0.2, -0.15) is 13.2 Å². The van der Waals surface area contributed by atoms with Crippen molar-refractivity contribution in [2.45, 2.75) is 43.3 Å². The maximum absolute atomic E-state index is 12.8. The largest absolute Gasteiger partial charge is 0.449 e. The molecule has 0 aromatic heterocycles. The van der Waals surface area contributed by atoms with Crippen molar-refractivity contribution < 1.29 is 13.2 Å². The number of hydrogen-bond acceptors (Lipinski definition) is 4. The van der Waals surface area contributed by atoms with E-state index in [1.807, 2.05) is 18.2 Å². The van der Waals surface area contributed by atoms with Gasteiger partial charge in [-0.1, -0.05) is 18.1 Å². The number of piperazine rings is 1. The molecular weight excluding hydrogens is 379 g/mol. The summed E-state index contributed by atoms with van der Waals surface area (Å²) in [6, 6.07) is 8.12. The predicted octanol–water partition coefficient (Wildman–Crippen LogP) is 2.94. The van der Waals surface area contributed by atoms with E-state index in [0.29, 0.717) is 13.1 Å². The first-order valence-electron chi connectivity index (χ1n) is 9.72. The first-order chi connectivity index (χ1) is 13.7. The SMILES string of the molecule is C#Cc1cccc(C2(CN)CCC(N3CCN(C(=N)C(F)(F)F)C(=N)C3)CC2)c1. The second-order valence-corrected chi connectivity index (χ2v) is 7.86. The van der Waals surface area contributed by atoms with Crippen molar-refractivity contribution in [1.29, 1.82) is 10.8 Å². The standard InChI is InChI=1S/C21H26F3N5/c1-2-15-4-3-5-16(12-15)20(14-25)8-6-17(7-9-20)28-10-11-29(18(26)13-28)19(27)21(22,23)24/h1,3-5,12,17,26-27H,6-11,13-14,25H2. The fourth-order valence-corrected chi connectivity index (χ4v) is 4.50. The van der Waals surface area contributed by atoms with Crippen molar-refractivity contribution in [3.8, 4) is 12.3 Å². The lowest BCUT2D eigenvalue weighted by Gasteiger charge is -2.46. The van der Waals surface area contributed by atoms with Crippen LogP contribution in [-0.4, -0.2) is 59.9 Å². The Balaban J connectivity index is 1.64. The molecule has 29 heavy (non-hydrogen) atoms. The monoisotopic (exact) mass is 405 g/mol. The van der Waals surface area contributed by atoms with Gasteiger partial charge in [-0.25, -0.2) is 0 Å². The number of alkyl halides is 3. The van der Waals surface area contributed by atoms with Gasteiger partial charge in [0, 0.05) is 36.7 Å². The third-order valence-corrected chi connectivity index (χ3v) is 6.29. The van der Waals surface area contributed by atoms with E-state index in [2.05, 4.69) is 16.9 Å². The van der Waals surface area contributed by atoms with Crippen molar-refractivity contribution in [1.82, 2.24) is 9.80 Å². The number of nitrogens with zero attached hydrogens (tertiary/aromatic N) is 2. The van der Waals surface area contributed by atoms with Crippen LogP contribution >= 0.6 is 0 Å². The molecule has 1 aliphatic carbocycles. The number of nitrogens with two attached hydrogens (primary N) is 1. The average molecular weight is 405 g/mol. The Kier molecular flexibility index (Phi) is 6.01. The van der Waals surface area contributed by atoms with E-state index in [0.717, 1.165) is 41.7 Å². The zero-order chi connectivity index (χ0) is 21.2. The van der Waals surface area contributed by atoms with Crippen LogP contribution in [0.5, 0.6) is 0 Å². The molecule has 1 saturated heterocycles. The highest BCUT2D eigenvalue weighted by Gasteiger charge is 2.43. The zero-order valence-electron chi connectivity index (χ0n) is 16.2. The van der Waals surface area contributed by atoms with E-state index in [4.69, 9.17) is 23.0 Å². The van der Waals surface area contributed by atoms with E-state index < -0.39 is 12.0 Å². The van der Waals surface area contributed by atoms with Gasteiger partial charge in [0.05, 0.1) is 6.54 Å². The van der Waals surface area contributed by atoms with Gasteiger partial charge in [-0.05, 0) is 43.4 Å². The van der Waals surface area contributed by atoms with Crippen molar-refractivity contribution in [3.05, 3.63) is 35.4 Å². The molecule has 1 heterocycles. The van der Waals surface area contributed by atoms with Crippen LogP contribution in [0.2, 0.25) is 0 Å². The Morgan fingerprint density at radius 3 is 2.52 bits per heavy atom. The molecular formula is C21H26F3N5. The molecule has 3 rings (SSSR count). The average Bonchev–Trinajstić information content (AvgIpc) is 2.72. The summed E-state index contributed by atoms with van der Waals surface area (Å²) >= 11 is 0. The normalized spacial score (nSPS) is 26.2. The molecule has 5 nitrogen and oxygen atoms in total. The fraction of sp³-hybridized carbons (Fsp3) is 0.524. The number of nitrogens with one attached hydrogen (secondary N) is 2. The van der Waals surface area contributed by atoms with E-state index in [9.17, 15) is 13.2 Å². The van der Waals surface area contributed by atoms with Crippen molar-refractivity contribution >= 4 is 11.7 Å². The second kappa shape index (κ2) is 8.17. The molecule has 4 N–H and O–H groups in total. The van der Waals surface area contributed by atoms with Crippen molar-refractivity contribution in [2.75, 3.05) is 26.2 Å². The topological polar surface area (TPSA) is 80.2 Å². The Labute approximate surface area is 169 Å². The summed E-state index contributed by atoms with van der Waals surface area (Å²) in [6.45, 7) is 1.07. The van der Waals surface area contributed by atoms with E-state index in [1.165, 1.54) is 0 Å². The van der Waals surface area contributed by atoms with Gasteiger partial charge in [0.1, 0.15) is 5.84 Å². The molecule has 1 aromatic rings. The number of rotatable bonds is 3. The van der Waals surface area contributed by atoms with Crippen molar-refractivity contribution in [3.63, 3.8) is 0 Å². The predicted molar refractivity (Wildman–Crippen MR) is 107 cm³/mol. The van der Waals surface area contributed by atoms with Gasteiger partial charge in [0.2, 0.25) is 5.84 Å². The summed E-state index contributed by atoms with van der Waals surface area (Å²) in [6.07, 6.45) is 4.26. The van der Waals surface area contributed by atoms with Gasteiger partial charge in [0.15, 0.2) is 0 Å². The van der Waals surface area contributed by atoms with Crippen LogP contribution in [0.15, 0.2) is 24.3 Å². The molecule has 1 aromatic carbocycles. The summed E-state index contributed by atoms with van der Waals surface area (Å²) < 4.78 is 38.4. The minimum Gasteiger partial charge on any atom is -0.330 e. The van der Waals surface area contributed by atoms with Crippen LogP contribution < -0.4 is 5.73 Å². The highest BCUT2D eigenvalue weighted by Crippen LogP contribution is 2.40. The van der Waals surface area contributed by atoms with Crippen LogP contribution in [0, 0.1) is 23.2 Å². The molecule has 0 radical (unpaired) electrons. The lowest BCUT2D eigenvalue weighted by atomic mass is 9.67. The Morgan fingerprint density at radius 1 is 1.28 bits per heavy atom. The molecule has 1 saturated carbocycles. The molecule has 8 heteroatoms. The highest BCUT2D eigenvalue weighted by molar-refractivity contribution is 6.01. The molecule has 0 amide bonds. The quantitative estimate of drug-likeness (QED) is 0.411. The second-order valence-electron chi connectivity index (χ2n) is 7.86. The zero-order valence-corrected chi connectivity index (χ0v) is 16.2. The van der Waals surface area contributed by atoms with Crippen LogP contribution in [0.4, 0.5) is 13.2 Å². The minimum atomic E-state index is -4.73. The van der Waals surface area contributed by atoms with E-state index >= 15 is 0 Å².